The molecule has 106 valence electrons. The van der Waals surface area contributed by atoms with Crippen LogP contribution in [0.1, 0.15) is 56.2 Å². The molecule has 0 spiro atoms. The summed E-state index contributed by atoms with van der Waals surface area (Å²) in [5, 5.41) is 3.76. The molecule has 1 N–H and O–H groups in total. The SMILES string of the molecule is CSC1(CNC(C)c2ccc(C)cc2)CCCCC1. The van der Waals surface area contributed by atoms with Gasteiger partial charge in [0.25, 0.3) is 0 Å². The Hall–Kier alpha value is -0.470. The zero-order valence-corrected chi connectivity index (χ0v) is 13.4. The summed E-state index contributed by atoms with van der Waals surface area (Å²) in [5.74, 6) is 0. The van der Waals surface area contributed by atoms with E-state index in [1.807, 2.05) is 0 Å². The number of aryl methyl sites for hydroxylation is 1. The molecule has 0 amide bonds. The largest absolute Gasteiger partial charge is 0.309 e. The van der Waals surface area contributed by atoms with Gasteiger partial charge in [0.05, 0.1) is 0 Å². The van der Waals surface area contributed by atoms with Crippen molar-refractivity contribution in [1.82, 2.24) is 5.32 Å². The third-order valence-electron chi connectivity index (χ3n) is 4.51. The molecule has 0 aliphatic heterocycles. The number of hydrogen-bond acceptors (Lipinski definition) is 2. The van der Waals surface area contributed by atoms with Crippen LogP contribution in [0.2, 0.25) is 0 Å². The quantitative estimate of drug-likeness (QED) is 0.836. The molecule has 1 aliphatic rings. The van der Waals surface area contributed by atoms with Gasteiger partial charge in [0.15, 0.2) is 0 Å². The van der Waals surface area contributed by atoms with Gasteiger partial charge in [-0.1, -0.05) is 49.1 Å². The van der Waals surface area contributed by atoms with Crippen LogP contribution in [-0.2, 0) is 0 Å². The van der Waals surface area contributed by atoms with Crippen LogP contribution in [0.5, 0.6) is 0 Å². The fourth-order valence-corrected chi connectivity index (χ4v) is 3.89. The average molecular weight is 277 g/mol. The number of benzene rings is 1. The molecule has 0 saturated heterocycles. The maximum Gasteiger partial charge on any atom is 0.0292 e. The zero-order chi connectivity index (χ0) is 13.7. The molecule has 1 atom stereocenters. The van der Waals surface area contributed by atoms with E-state index in [0.29, 0.717) is 10.8 Å². The summed E-state index contributed by atoms with van der Waals surface area (Å²) in [5.41, 5.74) is 2.74. The standard InChI is InChI=1S/C17H27NS/c1-14-7-9-16(10-8-14)15(2)18-13-17(19-3)11-5-4-6-12-17/h7-10,15,18H,4-6,11-13H2,1-3H3. The van der Waals surface area contributed by atoms with E-state index in [2.05, 4.69) is 61.4 Å². The first-order chi connectivity index (χ1) is 9.15. The van der Waals surface area contributed by atoms with Crippen molar-refractivity contribution >= 4 is 11.8 Å². The van der Waals surface area contributed by atoms with E-state index in [4.69, 9.17) is 0 Å². The first-order valence-electron chi connectivity index (χ1n) is 7.50. The van der Waals surface area contributed by atoms with E-state index in [1.165, 1.54) is 43.2 Å². The molecular formula is C17H27NS. The summed E-state index contributed by atoms with van der Waals surface area (Å²) >= 11 is 2.07. The van der Waals surface area contributed by atoms with Crippen molar-refractivity contribution in [2.24, 2.45) is 0 Å². The highest BCUT2D eigenvalue weighted by molar-refractivity contribution is 8.00. The number of thioether (sulfide) groups is 1. The van der Waals surface area contributed by atoms with Crippen LogP contribution in [0.3, 0.4) is 0 Å². The summed E-state index contributed by atoms with van der Waals surface area (Å²) in [6, 6.07) is 9.36. The highest BCUT2D eigenvalue weighted by Crippen LogP contribution is 2.38. The van der Waals surface area contributed by atoms with Gasteiger partial charge in [0.2, 0.25) is 0 Å². The normalized spacial score (nSPS) is 20.2. The van der Waals surface area contributed by atoms with E-state index in [1.54, 1.807) is 0 Å². The fourth-order valence-electron chi connectivity index (χ4n) is 2.96. The third-order valence-corrected chi connectivity index (χ3v) is 5.92. The summed E-state index contributed by atoms with van der Waals surface area (Å²) in [6.45, 7) is 5.57. The minimum atomic E-state index is 0.451. The second kappa shape index (κ2) is 6.81. The van der Waals surface area contributed by atoms with Crippen LogP contribution in [0.25, 0.3) is 0 Å². The monoisotopic (exact) mass is 277 g/mol. The van der Waals surface area contributed by atoms with Crippen molar-refractivity contribution in [3.63, 3.8) is 0 Å². The first-order valence-corrected chi connectivity index (χ1v) is 8.73. The molecule has 1 saturated carbocycles. The number of hydrogen-bond donors (Lipinski definition) is 1. The van der Waals surface area contributed by atoms with Gasteiger partial charge in [-0.05, 0) is 38.5 Å². The molecule has 0 radical (unpaired) electrons. The van der Waals surface area contributed by atoms with Gasteiger partial charge in [-0.2, -0.15) is 11.8 Å². The molecule has 1 nitrogen and oxygen atoms in total. The van der Waals surface area contributed by atoms with Crippen molar-refractivity contribution in [3.05, 3.63) is 35.4 Å². The predicted molar refractivity (Wildman–Crippen MR) is 86.9 cm³/mol. The number of rotatable bonds is 5. The van der Waals surface area contributed by atoms with Crippen LogP contribution in [0.4, 0.5) is 0 Å². The van der Waals surface area contributed by atoms with Gasteiger partial charge in [0, 0.05) is 17.3 Å². The van der Waals surface area contributed by atoms with Gasteiger partial charge in [-0.25, -0.2) is 0 Å². The lowest BCUT2D eigenvalue weighted by molar-refractivity contribution is 0.367. The van der Waals surface area contributed by atoms with Gasteiger partial charge >= 0.3 is 0 Å². The predicted octanol–water partition coefficient (Wildman–Crippen LogP) is 4.71. The Balaban J connectivity index is 1.91. The summed E-state index contributed by atoms with van der Waals surface area (Å²) in [7, 11) is 0. The Kier molecular flexibility index (Phi) is 5.35. The van der Waals surface area contributed by atoms with E-state index in [9.17, 15) is 0 Å². The minimum absolute atomic E-state index is 0.451. The van der Waals surface area contributed by atoms with Gasteiger partial charge in [-0.3, -0.25) is 0 Å². The van der Waals surface area contributed by atoms with Gasteiger partial charge in [-0.15, -0.1) is 0 Å². The van der Waals surface area contributed by atoms with Crippen molar-refractivity contribution < 1.29 is 0 Å². The van der Waals surface area contributed by atoms with Crippen LogP contribution in [0.15, 0.2) is 24.3 Å². The van der Waals surface area contributed by atoms with Crippen molar-refractivity contribution in [2.45, 2.75) is 56.7 Å². The van der Waals surface area contributed by atoms with Crippen LogP contribution >= 0.6 is 11.8 Å². The Morgan fingerprint density at radius 2 is 1.79 bits per heavy atom. The molecule has 1 unspecified atom stereocenters. The molecule has 0 heterocycles. The lowest BCUT2D eigenvalue weighted by Gasteiger charge is -2.37. The number of nitrogens with one attached hydrogen (secondary N) is 1. The summed E-state index contributed by atoms with van der Waals surface area (Å²) < 4.78 is 0.483. The molecule has 1 aliphatic carbocycles. The highest BCUT2D eigenvalue weighted by Gasteiger charge is 2.31. The molecule has 2 heteroatoms. The van der Waals surface area contributed by atoms with Gasteiger partial charge in [0.1, 0.15) is 0 Å². The molecule has 1 aromatic rings. The molecule has 1 fully saturated rings. The van der Waals surface area contributed by atoms with E-state index < -0.39 is 0 Å². The Bertz CT molecular complexity index is 379. The fraction of sp³-hybridized carbons (Fsp3) is 0.647. The van der Waals surface area contributed by atoms with E-state index in [0.717, 1.165) is 6.54 Å². The lowest BCUT2D eigenvalue weighted by Crippen LogP contribution is -2.40. The first kappa shape index (κ1) is 14.9. The molecule has 0 bridgehead atoms. The molecule has 19 heavy (non-hydrogen) atoms. The Morgan fingerprint density at radius 3 is 2.37 bits per heavy atom. The summed E-state index contributed by atoms with van der Waals surface area (Å²) in [4.78, 5) is 0. The summed E-state index contributed by atoms with van der Waals surface area (Å²) in [6.07, 6.45) is 9.27. The average Bonchev–Trinajstić information content (AvgIpc) is 2.46. The van der Waals surface area contributed by atoms with Gasteiger partial charge < -0.3 is 5.32 Å². The molecule has 1 aromatic carbocycles. The molecular weight excluding hydrogens is 250 g/mol. The van der Waals surface area contributed by atoms with Crippen molar-refractivity contribution in [2.75, 3.05) is 12.8 Å². The third kappa shape index (κ3) is 4.00. The van der Waals surface area contributed by atoms with Crippen molar-refractivity contribution in [3.8, 4) is 0 Å². The van der Waals surface area contributed by atoms with E-state index >= 15 is 0 Å². The van der Waals surface area contributed by atoms with E-state index in [-0.39, 0.29) is 0 Å². The van der Waals surface area contributed by atoms with Crippen LogP contribution < -0.4 is 5.32 Å². The van der Waals surface area contributed by atoms with Crippen LogP contribution in [0, 0.1) is 6.92 Å². The maximum absolute atomic E-state index is 3.76. The minimum Gasteiger partial charge on any atom is -0.309 e. The highest BCUT2D eigenvalue weighted by atomic mass is 32.2. The van der Waals surface area contributed by atoms with Crippen LogP contribution in [-0.4, -0.2) is 17.5 Å². The Labute approximate surface area is 122 Å². The second-order valence-electron chi connectivity index (χ2n) is 5.96. The zero-order valence-electron chi connectivity index (χ0n) is 12.5. The smallest absolute Gasteiger partial charge is 0.0292 e. The Morgan fingerprint density at radius 1 is 1.16 bits per heavy atom. The second-order valence-corrected chi connectivity index (χ2v) is 7.24. The molecule has 2 rings (SSSR count). The topological polar surface area (TPSA) is 12.0 Å². The lowest BCUT2D eigenvalue weighted by atomic mass is 9.88. The molecule has 0 aromatic heterocycles. The maximum atomic E-state index is 3.76. The van der Waals surface area contributed by atoms with Crippen molar-refractivity contribution in [1.29, 1.82) is 0 Å².